The largest absolute Gasteiger partial charge is 0.502 e. The highest BCUT2D eigenvalue weighted by Gasteiger charge is 2.25. The van der Waals surface area contributed by atoms with Gasteiger partial charge in [0.25, 0.3) is 0 Å². The third-order valence-electron chi connectivity index (χ3n) is 2.79. The molecule has 6 nitrogen and oxygen atoms in total. The molecule has 0 spiro atoms. The van der Waals surface area contributed by atoms with E-state index in [2.05, 4.69) is 0 Å². The van der Waals surface area contributed by atoms with Gasteiger partial charge in [-0.05, 0) is 24.3 Å². The summed E-state index contributed by atoms with van der Waals surface area (Å²) < 4.78 is 25.1. The van der Waals surface area contributed by atoms with E-state index >= 15 is 0 Å². The topological polar surface area (TPSA) is 109 Å². The van der Waals surface area contributed by atoms with Crippen LogP contribution in [0, 0.1) is 0 Å². The molecule has 0 aliphatic carbocycles. The Labute approximate surface area is 140 Å². The van der Waals surface area contributed by atoms with Crippen LogP contribution in [0.15, 0.2) is 56.7 Å². The Morgan fingerprint density at radius 2 is 1.70 bits per heavy atom. The lowest BCUT2D eigenvalue weighted by Crippen LogP contribution is -2.08. The first-order chi connectivity index (χ1) is 10.7. The molecule has 1 heterocycles. The zero-order valence-corrected chi connectivity index (χ0v) is 13.7. The standard InChI is InChI=1S/C14H9ClO6S2/c15-8-1-3-9(4-2-8)23(20,21)13-7-22-6-10(13)11(16)5-12(17)14(18)19/h1-7,17H,(H,18,19)/b12-5-. The molecule has 0 aliphatic rings. The van der Waals surface area contributed by atoms with Crippen molar-refractivity contribution < 1.29 is 28.2 Å². The van der Waals surface area contributed by atoms with Crippen LogP contribution in [0.5, 0.6) is 0 Å². The number of halogens is 1. The maximum atomic E-state index is 12.6. The Morgan fingerprint density at radius 3 is 2.26 bits per heavy atom. The van der Waals surface area contributed by atoms with Crippen molar-refractivity contribution in [2.45, 2.75) is 9.79 Å². The third kappa shape index (κ3) is 3.61. The molecule has 0 atom stereocenters. The number of hydrogen-bond acceptors (Lipinski definition) is 6. The van der Waals surface area contributed by atoms with Crippen LogP contribution in [0.4, 0.5) is 0 Å². The average molecular weight is 373 g/mol. The van der Waals surface area contributed by atoms with Crippen molar-refractivity contribution in [3.8, 4) is 0 Å². The molecule has 9 heteroatoms. The zero-order valence-electron chi connectivity index (χ0n) is 11.3. The summed E-state index contributed by atoms with van der Waals surface area (Å²) in [6.07, 6.45) is 0.464. The second kappa shape index (κ2) is 6.53. The fourth-order valence-corrected chi connectivity index (χ4v) is 4.45. The predicted octanol–water partition coefficient (Wildman–Crippen LogP) is 2.94. The number of benzene rings is 1. The van der Waals surface area contributed by atoms with Crippen molar-refractivity contribution in [1.29, 1.82) is 0 Å². The van der Waals surface area contributed by atoms with Gasteiger partial charge in [-0.3, -0.25) is 4.79 Å². The molecule has 2 aromatic rings. The number of ketones is 1. The third-order valence-corrected chi connectivity index (χ3v) is 5.75. The van der Waals surface area contributed by atoms with Gasteiger partial charge in [0.1, 0.15) is 0 Å². The minimum Gasteiger partial charge on any atom is -0.502 e. The van der Waals surface area contributed by atoms with E-state index in [4.69, 9.17) is 21.8 Å². The summed E-state index contributed by atoms with van der Waals surface area (Å²) in [6, 6.07) is 5.40. The first-order valence-corrected chi connectivity index (χ1v) is 8.79. The molecule has 0 unspecified atom stereocenters. The average Bonchev–Trinajstić information content (AvgIpc) is 2.97. The number of hydrogen-bond donors (Lipinski definition) is 2. The van der Waals surface area contributed by atoms with Gasteiger partial charge in [-0.1, -0.05) is 11.6 Å². The summed E-state index contributed by atoms with van der Waals surface area (Å²) in [5.74, 6) is -3.77. The van der Waals surface area contributed by atoms with E-state index in [-0.39, 0.29) is 15.4 Å². The second-order valence-electron chi connectivity index (χ2n) is 4.31. The van der Waals surface area contributed by atoms with Crippen molar-refractivity contribution in [3.63, 3.8) is 0 Å². The van der Waals surface area contributed by atoms with Gasteiger partial charge in [0.05, 0.1) is 15.4 Å². The van der Waals surface area contributed by atoms with Crippen LogP contribution in [0.25, 0.3) is 0 Å². The van der Waals surface area contributed by atoms with Crippen molar-refractivity contribution >= 4 is 44.5 Å². The predicted molar refractivity (Wildman–Crippen MR) is 83.9 cm³/mol. The minimum atomic E-state index is -3.97. The molecule has 0 saturated heterocycles. The maximum Gasteiger partial charge on any atom is 0.371 e. The van der Waals surface area contributed by atoms with Gasteiger partial charge >= 0.3 is 5.97 Å². The van der Waals surface area contributed by atoms with Gasteiger partial charge < -0.3 is 10.2 Å². The van der Waals surface area contributed by atoms with E-state index in [9.17, 15) is 18.0 Å². The van der Waals surface area contributed by atoms with Crippen molar-refractivity contribution in [2.75, 3.05) is 0 Å². The number of sulfone groups is 1. The van der Waals surface area contributed by atoms with Gasteiger partial charge in [-0.25, -0.2) is 13.2 Å². The van der Waals surface area contributed by atoms with Crippen molar-refractivity contribution in [3.05, 3.63) is 57.4 Å². The summed E-state index contributed by atoms with van der Waals surface area (Å²) in [5, 5.41) is 20.6. The number of aliphatic hydroxyl groups excluding tert-OH is 1. The van der Waals surface area contributed by atoms with E-state index < -0.39 is 27.3 Å². The number of carbonyl (C=O) groups is 2. The molecule has 1 aromatic heterocycles. The van der Waals surface area contributed by atoms with Gasteiger partial charge in [0.15, 0.2) is 5.78 Å². The molecule has 2 rings (SSSR count). The normalized spacial score (nSPS) is 12.1. The van der Waals surface area contributed by atoms with Crippen LogP contribution in [0.3, 0.4) is 0 Å². The summed E-state index contributed by atoms with van der Waals surface area (Å²) in [6.45, 7) is 0. The number of carbonyl (C=O) groups excluding carboxylic acids is 1. The smallest absolute Gasteiger partial charge is 0.371 e. The number of aliphatic carboxylic acids is 1. The van der Waals surface area contributed by atoms with E-state index in [1.165, 1.54) is 35.0 Å². The molecular weight excluding hydrogens is 364 g/mol. The van der Waals surface area contributed by atoms with E-state index in [1.807, 2.05) is 0 Å². The highest BCUT2D eigenvalue weighted by Crippen LogP contribution is 2.28. The van der Waals surface area contributed by atoms with Crippen LogP contribution in [0.1, 0.15) is 10.4 Å². The number of carboxylic acid groups (broad SMARTS) is 1. The van der Waals surface area contributed by atoms with Gasteiger partial charge in [-0.2, -0.15) is 11.3 Å². The Balaban J connectivity index is 2.49. The molecule has 23 heavy (non-hydrogen) atoms. The summed E-state index contributed by atoms with van der Waals surface area (Å²) >= 11 is 6.69. The molecular formula is C14H9ClO6S2. The first-order valence-electron chi connectivity index (χ1n) is 5.98. The fourth-order valence-electron chi connectivity index (χ4n) is 1.68. The lowest BCUT2D eigenvalue weighted by molar-refractivity contribution is -0.135. The fraction of sp³-hybridized carbons (Fsp3) is 0. The lowest BCUT2D eigenvalue weighted by Gasteiger charge is -2.05. The maximum absolute atomic E-state index is 12.6. The van der Waals surface area contributed by atoms with Crippen LogP contribution in [0.2, 0.25) is 5.02 Å². The van der Waals surface area contributed by atoms with Gasteiger partial charge in [0.2, 0.25) is 15.6 Å². The molecule has 0 bridgehead atoms. The molecule has 0 aliphatic heterocycles. The molecule has 0 saturated carbocycles. The van der Waals surface area contributed by atoms with Crippen molar-refractivity contribution in [2.24, 2.45) is 0 Å². The van der Waals surface area contributed by atoms with Crippen LogP contribution in [-0.4, -0.2) is 30.4 Å². The minimum absolute atomic E-state index is 0.0548. The van der Waals surface area contributed by atoms with E-state index in [0.717, 1.165) is 11.3 Å². The number of allylic oxidation sites excluding steroid dienone is 1. The van der Waals surface area contributed by atoms with Gasteiger partial charge in [-0.15, -0.1) is 0 Å². The van der Waals surface area contributed by atoms with Crippen LogP contribution >= 0.6 is 22.9 Å². The molecule has 2 N–H and O–H groups in total. The number of rotatable bonds is 5. The summed E-state index contributed by atoms with van der Waals surface area (Å²) in [5.41, 5.74) is -0.210. The summed E-state index contributed by atoms with van der Waals surface area (Å²) in [7, 11) is -3.97. The Bertz CT molecular complexity index is 894. The molecule has 0 fully saturated rings. The summed E-state index contributed by atoms with van der Waals surface area (Å²) in [4.78, 5) is 22.2. The van der Waals surface area contributed by atoms with Gasteiger partial charge in [0, 0.05) is 21.9 Å². The second-order valence-corrected chi connectivity index (χ2v) is 7.40. The van der Waals surface area contributed by atoms with Crippen molar-refractivity contribution in [1.82, 2.24) is 0 Å². The van der Waals surface area contributed by atoms with Crippen LogP contribution in [-0.2, 0) is 14.6 Å². The molecule has 0 radical (unpaired) electrons. The number of thiophene rings is 1. The number of carboxylic acids is 1. The Morgan fingerprint density at radius 1 is 1.09 bits per heavy atom. The first kappa shape index (κ1) is 17.2. The SMILES string of the molecule is O=C(O)/C(O)=C/C(=O)c1cscc1S(=O)(=O)c1ccc(Cl)cc1. The quantitative estimate of drug-likeness (QED) is 0.474. The highest BCUT2D eigenvalue weighted by molar-refractivity contribution is 7.91. The number of aliphatic hydroxyl groups is 1. The molecule has 0 amide bonds. The molecule has 120 valence electrons. The zero-order chi connectivity index (χ0) is 17.2. The van der Waals surface area contributed by atoms with Crippen LogP contribution < -0.4 is 0 Å². The molecule has 1 aromatic carbocycles. The monoisotopic (exact) mass is 372 g/mol. The van der Waals surface area contributed by atoms with E-state index in [1.54, 1.807) is 0 Å². The Hall–Kier alpha value is -2.16. The lowest BCUT2D eigenvalue weighted by atomic mass is 10.2. The highest BCUT2D eigenvalue weighted by atomic mass is 35.5. The van der Waals surface area contributed by atoms with E-state index in [0.29, 0.717) is 11.1 Å². The Kier molecular flexibility index (Phi) is 4.88.